The first-order valence-corrected chi connectivity index (χ1v) is 10.2. The molecule has 9 heteroatoms. The number of carbonyl (C=O) groups excluding carboxylic acids is 1. The lowest BCUT2D eigenvalue weighted by Gasteiger charge is -2.20. The van der Waals surface area contributed by atoms with E-state index >= 15 is 4.39 Å². The number of fused-ring (bicyclic) bond motifs is 2. The van der Waals surface area contributed by atoms with Crippen molar-refractivity contribution in [2.75, 3.05) is 24.3 Å². The van der Waals surface area contributed by atoms with E-state index in [-0.39, 0.29) is 18.1 Å². The Morgan fingerprint density at radius 2 is 2.13 bits per heavy atom. The van der Waals surface area contributed by atoms with E-state index < -0.39 is 12.1 Å². The number of aromatic nitrogens is 4. The van der Waals surface area contributed by atoms with Crippen molar-refractivity contribution in [1.82, 2.24) is 19.6 Å². The van der Waals surface area contributed by atoms with Gasteiger partial charge in [-0.1, -0.05) is 6.92 Å². The third kappa shape index (κ3) is 3.11. The number of halogens is 2. The number of hydrogen-bond donors (Lipinski definition) is 2. The maximum atomic E-state index is 15.5. The summed E-state index contributed by atoms with van der Waals surface area (Å²) < 4.78 is 30.4. The van der Waals surface area contributed by atoms with Crippen molar-refractivity contribution in [3.05, 3.63) is 42.1 Å². The number of nitrogens with one attached hydrogen (secondary N) is 2. The van der Waals surface area contributed by atoms with E-state index in [4.69, 9.17) is 0 Å². The van der Waals surface area contributed by atoms with Crippen LogP contribution in [0.25, 0.3) is 27.7 Å². The molecule has 1 aromatic carbocycles. The maximum Gasteiger partial charge on any atom is 0.231 e. The molecule has 3 heterocycles. The van der Waals surface area contributed by atoms with Crippen molar-refractivity contribution in [2.24, 2.45) is 5.92 Å². The number of carbonyl (C=O) groups is 1. The molecule has 2 atom stereocenters. The van der Waals surface area contributed by atoms with E-state index in [1.54, 1.807) is 35.8 Å². The fourth-order valence-electron chi connectivity index (χ4n) is 4.12. The van der Waals surface area contributed by atoms with Gasteiger partial charge in [0.1, 0.15) is 11.8 Å². The Bertz CT molecular complexity index is 1320. The van der Waals surface area contributed by atoms with Crippen molar-refractivity contribution in [3.63, 3.8) is 0 Å². The summed E-state index contributed by atoms with van der Waals surface area (Å²) in [6.07, 6.45) is 4.95. The molecule has 4 aromatic rings. The van der Waals surface area contributed by atoms with Crippen LogP contribution in [0.15, 0.2) is 30.7 Å². The molecule has 1 aliphatic carbocycles. The number of imidazole rings is 1. The van der Waals surface area contributed by atoms with Crippen molar-refractivity contribution in [3.8, 4) is 11.1 Å². The van der Waals surface area contributed by atoms with E-state index in [1.807, 2.05) is 25.3 Å². The van der Waals surface area contributed by atoms with Crippen LogP contribution >= 0.6 is 0 Å². The lowest BCUT2D eigenvalue weighted by molar-refractivity contribution is -0.117. The van der Waals surface area contributed by atoms with Crippen LogP contribution in [-0.4, -0.2) is 45.8 Å². The van der Waals surface area contributed by atoms with Crippen LogP contribution in [0.3, 0.4) is 0 Å². The second-order valence-corrected chi connectivity index (χ2v) is 8.08. The molecule has 7 nitrogen and oxygen atoms in total. The van der Waals surface area contributed by atoms with Crippen LogP contribution in [0.5, 0.6) is 0 Å². The fourth-order valence-corrected chi connectivity index (χ4v) is 4.12. The smallest absolute Gasteiger partial charge is 0.231 e. The molecule has 0 unspecified atom stereocenters. The van der Waals surface area contributed by atoms with Crippen molar-refractivity contribution in [2.45, 2.75) is 25.9 Å². The molecule has 31 heavy (non-hydrogen) atoms. The summed E-state index contributed by atoms with van der Waals surface area (Å²) >= 11 is 0. The Balaban J connectivity index is 1.61. The van der Waals surface area contributed by atoms with Crippen LogP contribution in [0.4, 0.5) is 20.3 Å². The fraction of sp³-hybridized carbons (Fsp3) is 0.318. The number of aromatic amines is 1. The van der Waals surface area contributed by atoms with Gasteiger partial charge in [0.2, 0.25) is 5.91 Å². The number of amides is 1. The first-order valence-electron chi connectivity index (χ1n) is 10.2. The van der Waals surface area contributed by atoms with Crippen molar-refractivity contribution in [1.29, 1.82) is 0 Å². The highest BCUT2D eigenvalue weighted by Crippen LogP contribution is 2.40. The van der Waals surface area contributed by atoms with Crippen LogP contribution in [0, 0.1) is 11.7 Å². The molecule has 2 N–H and O–H groups in total. The molecule has 0 aliphatic heterocycles. The van der Waals surface area contributed by atoms with Gasteiger partial charge in [-0.25, -0.2) is 13.8 Å². The number of rotatable bonds is 5. The van der Waals surface area contributed by atoms with Gasteiger partial charge in [-0.3, -0.25) is 9.89 Å². The number of nitrogens with zero attached hydrogens (tertiary/aromatic N) is 4. The average Bonchev–Trinajstić information content (AvgIpc) is 3.11. The van der Waals surface area contributed by atoms with Crippen LogP contribution in [0.1, 0.15) is 18.9 Å². The summed E-state index contributed by atoms with van der Waals surface area (Å²) in [6, 6.07) is 3.69. The predicted molar refractivity (Wildman–Crippen MR) is 116 cm³/mol. The van der Waals surface area contributed by atoms with Gasteiger partial charge in [-0.15, -0.1) is 0 Å². The minimum atomic E-state index is -1.06. The van der Waals surface area contributed by atoms with Crippen LogP contribution < -0.4 is 10.2 Å². The molecular weight excluding hydrogens is 402 g/mol. The maximum absolute atomic E-state index is 15.5. The number of H-pyrrole nitrogens is 1. The third-order valence-corrected chi connectivity index (χ3v) is 5.76. The molecular formula is C22H22F2N6O. The highest BCUT2D eigenvalue weighted by atomic mass is 19.1. The number of benzene rings is 1. The molecule has 1 fully saturated rings. The minimum Gasteiger partial charge on any atom is -0.374 e. The van der Waals surface area contributed by atoms with Gasteiger partial charge in [0.25, 0.3) is 0 Å². The van der Waals surface area contributed by atoms with Gasteiger partial charge in [0.05, 0.1) is 29.5 Å². The minimum absolute atomic E-state index is 0.262. The summed E-state index contributed by atoms with van der Waals surface area (Å²) in [5.74, 6) is -0.853. The van der Waals surface area contributed by atoms with Gasteiger partial charge in [-0.05, 0) is 36.1 Å². The van der Waals surface area contributed by atoms with Gasteiger partial charge >= 0.3 is 0 Å². The molecule has 1 aliphatic rings. The molecule has 0 saturated heterocycles. The van der Waals surface area contributed by atoms with Crippen molar-refractivity contribution >= 4 is 34.0 Å². The van der Waals surface area contributed by atoms with Gasteiger partial charge < -0.3 is 14.6 Å². The average molecular weight is 424 g/mol. The zero-order valence-electron chi connectivity index (χ0n) is 17.4. The van der Waals surface area contributed by atoms with E-state index in [0.717, 1.165) is 16.5 Å². The summed E-state index contributed by atoms with van der Waals surface area (Å²) in [5.41, 5.74) is 3.92. The van der Waals surface area contributed by atoms with E-state index in [9.17, 15) is 9.18 Å². The van der Waals surface area contributed by atoms with E-state index in [0.29, 0.717) is 34.7 Å². The molecule has 0 bridgehead atoms. The molecule has 1 saturated carbocycles. The Kier molecular flexibility index (Phi) is 4.42. The zero-order valence-corrected chi connectivity index (χ0v) is 17.4. The predicted octanol–water partition coefficient (Wildman–Crippen LogP) is 3.94. The Morgan fingerprint density at radius 3 is 2.81 bits per heavy atom. The highest BCUT2D eigenvalue weighted by molar-refractivity contribution is 6.03. The van der Waals surface area contributed by atoms with Gasteiger partial charge in [-0.2, -0.15) is 5.10 Å². The molecule has 5 rings (SSSR count). The highest BCUT2D eigenvalue weighted by Gasteiger charge is 2.43. The third-order valence-electron chi connectivity index (χ3n) is 5.76. The monoisotopic (exact) mass is 424 g/mol. The normalized spacial score (nSPS) is 18.0. The SMILES string of the molecule is CCc1c(F)c(N(C)C)c2[nH]ncc2c1-c1ccc2nc(NC(=O)[C@@H]3C[C@@H]3F)cn2c1. The number of alkyl halides is 1. The zero-order chi connectivity index (χ0) is 21.9. The second-order valence-electron chi connectivity index (χ2n) is 8.08. The Labute approximate surface area is 177 Å². The Hall–Kier alpha value is -3.49. The largest absolute Gasteiger partial charge is 0.374 e. The van der Waals surface area contributed by atoms with E-state index in [1.165, 1.54) is 0 Å². The first-order chi connectivity index (χ1) is 14.9. The standard InChI is InChI=1S/C22H22F2N6O/c1-4-12-18(14-8-25-28-20(14)21(19(12)24)29(2)3)11-5-6-17-26-16(10-30(17)9-11)27-22(31)13-7-15(13)23/h5-6,8-10,13,15H,4,7H2,1-3H3,(H,25,28)(H,27,31)/t13-,15+/m1/s1. The van der Waals surface area contributed by atoms with Crippen molar-refractivity contribution < 1.29 is 13.6 Å². The van der Waals surface area contributed by atoms with Crippen LogP contribution in [0.2, 0.25) is 0 Å². The molecule has 0 radical (unpaired) electrons. The lowest BCUT2D eigenvalue weighted by atomic mass is 9.94. The number of pyridine rings is 1. The quantitative estimate of drug-likeness (QED) is 0.509. The first kappa shape index (κ1) is 19.5. The summed E-state index contributed by atoms with van der Waals surface area (Å²) in [5, 5.41) is 10.6. The summed E-state index contributed by atoms with van der Waals surface area (Å²) in [7, 11) is 3.61. The lowest BCUT2D eigenvalue weighted by Crippen LogP contribution is -2.15. The van der Waals surface area contributed by atoms with Gasteiger partial charge in [0, 0.05) is 31.2 Å². The summed E-state index contributed by atoms with van der Waals surface area (Å²) in [4.78, 5) is 18.1. The van der Waals surface area contributed by atoms with Crippen LogP contribution in [-0.2, 0) is 11.2 Å². The molecule has 160 valence electrons. The molecule has 3 aromatic heterocycles. The second kappa shape index (κ2) is 7.04. The number of anilines is 2. The number of hydrogen-bond acceptors (Lipinski definition) is 4. The van der Waals surface area contributed by atoms with Gasteiger partial charge in [0.15, 0.2) is 11.6 Å². The Morgan fingerprint density at radius 1 is 1.35 bits per heavy atom. The topological polar surface area (TPSA) is 78.3 Å². The van der Waals surface area contributed by atoms with E-state index in [2.05, 4.69) is 20.5 Å². The molecule has 1 amide bonds. The molecule has 0 spiro atoms. The summed E-state index contributed by atoms with van der Waals surface area (Å²) in [6.45, 7) is 1.92.